The molecule has 9 aromatic rings. The summed E-state index contributed by atoms with van der Waals surface area (Å²) in [6, 6.07) is 14.4. The minimum absolute atomic E-state index is 0.0968. The first-order valence-electron chi connectivity index (χ1n) is 33.7. The molecule has 0 spiro atoms. The Hall–Kier alpha value is -7.59. The maximum atomic E-state index is 12.8. The highest BCUT2D eigenvalue weighted by atomic mass is 32.2. The van der Waals surface area contributed by atoms with Crippen LogP contribution in [0.1, 0.15) is 169 Å². The van der Waals surface area contributed by atoms with Crippen molar-refractivity contribution in [3.8, 4) is 33.4 Å². The van der Waals surface area contributed by atoms with E-state index in [2.05, 4.69) is 45.2 Å². The van der Waals surface area contributed by atoms with E-state index in [4.69, 9.17) is 14.3 Å². The number of nitrogens with one attached hydrogen (secondary N) is 3. The van der Waals surface area contributed by atoms with Crippen molar-refractivity contribution in [2.75, 3.05) is 18.8 Å². The number of rotatable bonds is 18. The molecule has 3 aliphatic rings. The van der Waals surface area contributed by atoms with E-state index in [-0.39, 0.29) is 65.4 Å². The molecule has 102 heavy (non-hydrogen) atoms. The maximum absolute atomic E-state index is 12.8. The van der Waals surface area contributed by atoms with Crippen molar-refractivity contribution < 1.29 is 67.5 Å². The predicted octanol–water partition coefficient (Wildman–Crippen LogP) is 14.9. The van der Waals surface area contributed by atoms with E-state index in [1.54, 1.807) is 68.7 Å². The highest BCUT2D eigenvalue weighted by molar-refractivity contribution is 7.92. The van der Waals surface area contributed by atoms with Crippen LogP contribution in [0.3, 0.4) is 0 Å². The van der Waals surface area contributed by atoms with E-state index in [0.717, 1.165) is 72.3 Å². The van der Waals surface area contributed by atoms with Crippen molar-refractivity contribution in [1.29, 1.82) is 14.3 Å². The Morgan fingerprint density at radius 3 is 1.02 bits per heavy atom. The molecular weight excluding hydrogens is 1400 g/mol. The molecule has 9 heterocycles. The Bertz CT molecular complexity index is 4320. The van der Waals surface area contributed by atoms with Crippen molar-refractivity contribution in [3.63, 3.8) is 0 Å². The van der Waals surface area contributed by atoms with Crippen LogP contribution in [0.25, 0.3) is 49.9 Å². The number of pyridine rings is 3. The molecule has 0 amide bonds. The van der Waals surface area contributed by atoms with Crippen molar-refractivity contribution in [3.05, 3.63) is 126 Å². The number of halogens is 9. The van der Waals surface area contributed by atoms with Gasteiger partial charge in [0.15, 0.2) is 0 Å². The number of alkyl halides is 9. The lowest BCUT2D eigenvalue weighted by molar-refractivity contribution is -0.144. The van der Waals surface area contributed by atoms with Gasteiger partial charge >= 0.3 is 18.5 Å². The number of aromatic nitrogens is 12. The molecule has 552 valence electrons. The molecule has 9 aromatic heterocycles. The third-order valence-corrected chi connectivity index (χ3v) is 22.0. The average molecular weight is 1490 g/mol. The number of aliphatic hydroxyl groups excluding tert-OH is 3. The Balaban J connectivity index is 0.000000165. The zero-order valence-electron chi connectivity index (χ0n) is 57.1. The second-order valence-electron chi connectivity index (χ2n) is 28.0. The molecule has 6 N–H and O–H groups in total. The first kappa shape index (κ1) is 77.0. The van der Waals surface area contributed by atoms with E-state index in [9.17, 15) is 67.5 Å². The first-order valence-corrected chi connectivity index (χ1v) is 39.6. The van der Waals surface area contributed by atoms with Crippen molar-refractivity contribution in [1.82, 2.24) is 58.7 Å². The SMILES string of the molecule is C[C@H](Cc1ncc2c(-c3ccnc([S@@](C)(=N)=O)c3)cc(C3CCC(O)CC3)n2n1)CC(F)(F)F.C[C@H](Cc1ncc2c(-c3ccnc([S@](C)(=N)=O)c3)cc(C3CCC(O)CC3)n2n1)CC(F)(F)F.C[C@H](Cc1ncc2c(-c3cncc([S@](C)(=N)=O)c3)cc(C3CCC(O)CC3)n2n1)CC(F)(F)F. The van der Waals surface area contributed by atoms with Crippen molar-refractivity contribution in [2.45, 2.75) is 206 Å². The summed E-state index contributed by atoms with van der Waals surface area (Å²) in [6.07, 6.45) is 7.38. The molecule has 3 saturated carbocycles. The summed E-state index contributed by atoms with van der Waals surface area (Å²) in [6.45, 7) is 4.60. The standard InChI is InChI=1S/3C23H28F3N5O2S/c1-14(10-23(24,25)26)7-22-29-13-21-19(16-8-18(12-28-11-16)34(2,27)33)9-20(31(21)30-22)15-3-5-17(32)6-4-15;2*1-14(12-23(24,25)26)9-21-29-13-20-18(16-7-8-28-22(10-16)34(2,27)33)11-19(31(20)30-21)15-3-5-17(32)6-4-15/h8-9,11-15,17,27,32H,3-7,10H2,1-2H3;2*7-8,10-11,13-15,17,27,32H,3-6,9,12H2,1-2H3/t14-,15?,17?,34-;14-,15?,17?,34+;14-,15?,17?,34-/m111/s1. The molecule has 0 unspecified atom stereocenters. The van der Waals surface area contributed by atoms with Crippen molar-refractivity contribution >= 4 is 45.7 Å². The van der Waals surface area contributed by atoms with Gasteiger partial charge in [0, 0.05) is 139 Å². The summed E-state index contributed by atoms with van der Waals surface area (Å²) >= 11 is 0. The molecule has 6 atom stereocenters. The van der Waals surface area contributed by atoms with Gasteiger partial charge in [0.1, 0.15) is 27.5 Å². The third kappa shape index (κ3) is 20.0. The molecule has 12 rings (SSSR count). The van der Waals surface area contributed by atoms with E-state index in [1.807, 2.05) is 18.2 Å². The zero-order chi connectivity index (χ0) is 74.0. The van der Waals surface area contributed by atoms with Gasteiger partial charge in [0.25, 0.3) is 0 Å². The summed E-state index contributed by atoms with van der Waals surface area (Å²) in [5.41, 5.74) is 9.16. The lowest BCUT2D eigenvalue weighted by Gasteiger charge is -2.25. The summed E-state index contributed by atoms with van der Waals surface area (Å²) in [7, 11) is -8.98. The minimum atomic E-state index is -4.24. The fraction of sp³-hybridized carbons (Fsp3) is 0.522. The van der Waals surface area contributed by atoms with Crippen LogP contribution in [0, 0.1) is 32.1 Å². The second kappa shape index (κ2) is 31.0. The lowest BCUT2D eigenvalue weighted by atomic mass is 9.85. The van der Waals surface area contributed by atoms with Gasteiger partial charge in [-0.25, -0.2) is 65.4 Å². The van der Waals surface area contributed by atoms with Gasteiger partial charge in [0.2, 0.25) is 0 Å². The van der Waals surface area contributed by atoms with Gasteiger partial charge in [-0.05, 0) is 154 Å². The number of hydrogen-bond acceptors (Lipinski definition) is 18. The van der Waals surface area contributed by atoms with E-state index in [1.165, 1.54) is 58.1 Å². The molecule has 21 nitrogen and oxygen atoms in total. The highest BCUT2D eigenvalue weighted by Gasteiger charge is 2.35. The molecule has 0 bridgehead atoms. The molecule has 3 aliphatic carbocycles. The quantitative estimate of drug-likeness (QED) is 0.0435. The molecular formula is C69H84F9N15O6S3. The number of aliphatic hydroxyl groups is 3. The van der Waals surface area contributed by atoms with Gasteiger partial charge in [0.05, 0.1) is 87.5 Å². The Kier molecular flexibility index (Phi) is 23.4. The van der Waals surface area contributed by atoms with E-state index < -0.39 is 84.7 Å². The normalized spacial score (nSPS) is 21.9. The first-order chi connectivity index (χ1) is 47.7. The number of hydrogen-bond donors (Lipinski definition) is 6. The van der Waals surface area contributed by atoms with Gasteiger partial charge in [-0.2, -0.15) is 54.8 Å². The minimum Gasteiger partial charge on any atom is -0.393 e. The van der Waals surface area contributed by atoms with Gasteiger partial charge in [-0.3, -0.25) is 4.98 Å². The molecule has 0 radical (unpaired) electrons. The summed E-state index contributed by atoms with van der Waals surface area (Å²) in [4.78, 5) is 25.7. The molecule has 3 fully saturated rings. The smallest absolute Gasteiger partial charge is 0.389 e. The van der Waals surface area contributed by atoms with Crippen LogP contribution in [-0.4, -0.2) is 142 Å². The number of fused-ring (bicyclic) bond motifs is 3. The monoisotopic (exact) mass is 1490 g/mol. The summed E-state index contributed by atoms with van der Waals surface area (Å²) in [5.74, 6) is -0.571. The maximum Gasteiger partial charge on any atom is 0.389 e. The number of nitrogens with zero attached hydrogens (tertiary/aromatic N) is 12. The van der Waals surface area contributed by atoms with Crippen LogP contribution in [0.15, 0.2) is 107 Å². The second-order valence-corrected chi connectivity index (χ2v) is 34.3. The largest absolute Gasteiger partial charge is 0.393 e. The summed E-state index contributed by atoms with van der Waals surface area (Å²) < 4.78 is 181. The van der Waals surface area contributed by atoms with Crippen LogP contribution in [-0.2, 0) is 48.4 Å². The third-order valence-electron chi connectivity index (χ3n) is 18.8. The van der Waals surface area contributed by atoms with Gasteiger partial charge < -0.3 is 15.3 Å². The molecule has 0 aliphatic heterocycles. The van der Waals surface area contributed by atoms with E-state index >= 15 is 0 Å². The van der Waals surface area contributed by atoms with E-state index in [0.29, 0.717) is 94.1 Å². The molecule has 0 aromatic carbocycles. The Morgan fingerprint density at radius 2 is 0.735 bits per heavy atom. The lowest BCUT2D eigenvalue weighted by Crippen LogP contribution is -2.19. The van der Waals surface area contributed by atoms with Crippen LogP contribution in [0.4, 0.5) is 39.5 Å². The topological polar surface area (TPSA) is 313 Å². The Morgan fingerprint density at radius 1 is 0.431 bits per heavy atom. The van der Waals surface area contributed by atoms with Crippen molar-refractivity contribution in [2.24, 2.45) is 17.8 Å². The van der Waals surface area contributed by atoms with Gasteiger partial charge in [-0.1, -0.05) is 20.8 Å². The fourth-order valence-corrected chi connectivity index (χ4v) is 15.6. The summed E-state index contributed by atoms with van der Waals surface area (Å²) in [5, 5.41) is 44.0. The van der Waals surface area contributed by atoms with Crippen LogP contribution in [0.2, 0.25) is 0 Å². The van der Waals surface area contributed by atoms with Gasteiger partial charge in [-0.15, -0.1) is 0 Å². The Labute approximate surface area is 585 Å². The van der Waals surface area contributed by atoms with Crippen LogP contribution >= 0.6 is 0 Å². The average Bonchev–Trinajstić information content (AvgIpc) is 1.63. The zero-order valence-corrected chi connectivity index (χ0v) is 59.6. The van der Waals surface area contributed by atoms with Crippen LogP contribution in [0.5, 0.6) is 0 Å². The fourth-order valence-electron chi connectivity index (χ4n) is 13.8. The predicted molar refractivity (Wildman–Crippen MR) is 366 cm³/mol. The molecule has 33 heteroatoms. The van der Waals surface area contributed by atoms with Crippen LogP contribution < -0.4 is 0 Å². The highest BCUT2D eigenvalue weighted by Crippen LogP contribution is 2.42. The molecule has 0 saturated heterocycles.